The lowest BCUT2D eigenvalue weighted by molar-refractivity contribution is 0.175. The monoisotopic (exact) mass is 451 g/mol. The number of cyclic esters (lactones) is 1. The van der Waals surface area contributed by atoms with Crippen LogP contribution in [-0.4, -0.2) is 42.9 Å². The largest absolute Gasteiger partial charge is 0.446 e. The van der Waals surface area contributed by atoms with Crippen LogP contribution in [-0.2, 0) is 4.74 Å². The molecule has 0 aliphatic carbocycles. The highest BCUT2D eigenvalue weighted by atomic mass is 19.1. The Morgan fingerprint density at radius 3 is 2.76 bits per heavy atom. The minimum absolute atomic E-state index is 0.189. The number of alkyl halides is 1. The molecule has 1 aliphatic rings. The quantitative estimate of drug-likeness (QED) is 0.507. The SMILES string of the molecule is C=CC(C)(F)[C@H](C)n1cnc([C@H](C)Nc2ncnc(N3C(=O)OC[C@@H]3c3ccccc3)n2)c1. The summed E-state index contributed by atoms with van der Waals surface area (Å²) in [7, 11) is 0. The maximum Gasteiger partial charge on any atom is 0.417 e. The molecule has 0 bridgehead atoms. The highest BCUT2D eigenvalue weighted by Gasteiger charge is 2.37. The lowest BCUT2D eigenvalue weighted by Gasteiger charge is -2.25. The maximum atomic E-state index is 14.6. The zero-order valence-electron chi connectivity index (χ0n) is 18.7. The first-order valence-corrected chi connectivity index (χ1v) is 10.6. The van der Waals surface area contributed by atoms with Gasteiger partial charge in [-0.05, 0) is 26.3 Å². The van der Waals surface area contributed by atoms with Crippen LogP contribution >= 0.6 is 0 Å². The molecule has 4 rings (SSSR count). The van der Waals surface area contributed by atoms with Gasteiger partial charge in [-0.3, -0.25) is 0 Å². The number of allylic oxidation sites excluding steroid dienone is 1. The van der Waals surface area contributed by atoms with E-state index in [4.69, 9.17) is 4.74 Å². The second-order valence-corrected chi connectivity index (χ2v) is 8.13. The fourth-order valence-corrected chi connectivity index (χ4v) is 3.55. The van der Waals surface area contributed by atoms with Crippen LogP contribution in [0.15, 0.2) is 61.8 Å². The summed E-state index contributed by atoms with van der Waals surface area (Å²) in [6, 6.07) is 8.48. The molecule has 10 heteroatoms. The number of anilines is 2. The molecule has 1 aliphatic heterocycles. The van der Waals surface area contributed by atoms with Crippen LogP contribution in [0.25, 0.3) is 0 Å². The highest BCUT2D eigenvalue weighted by molar-refractivity contribution is 5.88. The number of benzene rings is 1. The van der Waals surface area contributed by atoms with Crippen LogP contribution < -0.4 is 10.2 Å². The molecule has 1 amide bonds. The van der Waals surface area contributed by atoms with Crippen LogP contribution in [0.1, 0.15) is 50.2 Å². The van der Waals surface area contributed by atoms with Crippen molar-refractivity contribution in [2.75, 3.05) is 16.8 Å². The van der Waals surface area contributed by atoms with Crippen molar-refractivity contribution in [3.63, 3.8) is 0 Å². The van der Waals surface area contributed by atoms with Gasteiger partial charge in [0.15, 0.2) is 0 Å². The first-order valence-electron chi connectivity index (χ1n) is 10.6. The summed E-state index contributed by atoms with van der Waals surface area (Å²) in [6.07, 6.45) is 5.47. The Hall–Kier alpha value is -3.82. The van der Waals surface area contributed by atoms with Crippen molar-refractivity contribution >= 4 is 18.0 Å². The first-order chi connectivity index (χ1) is 15.8. The van der Waals surface area contributed by atoms with Gasteiger partial charge in [-0.25, -0.2) is 29.0 Å². The number of ether oxygens (including phenoxy) is 1. The number of nitrogens with one attached hydrogen (secondary N) is 1. The lowest BCUT2D eigenvalue weighted by atomic mass is 10.0. The Morgan fingerprint density at radius 2 is 2.03 bits per heavy atom. The Kier molecular flexibility index (Phi) is 6.08. The molecule has 1 fully saturated rings. The number of aromatic nitrogens is 5. The average Bonchev–Trinajstić information content (AvgIpc) is 3.46. The summed E-state index contributed by atoms with van der Waals surface area (Å²) in [4.78, 5) is 31.0. The molecule has 33 heavy (non-hydrogen) atoms. The van der Waals surface area contributed by atoms with Crippen molar-refractivity contribution in [3.05, 3.63) is 73.1 Å². The Balaban J connectivity index is 1.52. The predicted molar refractivity (Wildman–Crippen MR) is 122 cm³/mol. The number of rotatable bonds is 8. The topological polar surface area (TPSA) is 98.1 Å². The van der Waals surface area contributed by atoms with E-state index in [9.17, 15) is 9.18 Å². The molecule has 3 heterocycles. The van der Waals surface area contributed by atoms with Gasteiger partial charge >= 0.3 is 6.09 Å². The van der Waals surface area contributed by atoms with E-state index in [1.807, 2.05) is 37.3 Å². The smallest absolute Gasteiger partial charge is 0.417 e. The van der Waals surface area contributed by atoms with Crippen LogP contribution in [0.5, 0.6) is 0 Å². The summed E-state index contributed by atoms with van der Waals surface area (Å²) in [6.45, 7) is 8.91. The van der Waals surface area contributed by atoms with E-state index in [0.717, 1.165) is 5.56 Å². The Bertz CT molecular complexity index is 1130. The summed E-state index contributed by atoms with van der Waals surface area (Å²) < 4.78 is 21.5. The molecule has 0 radical (unpaired) electrons. The molecule has 3 aromatic rings. The third-order valence-corrected chi connectivity index (χ3v) is 5.91. The number of carbonyl (C=O) groups excluding carboxylic acids is 1. The summed E-state index contributed by atoms with van der Waals surface area (Å²) in [5, 5.41) is 3.17. The Labute approximate surface area is 191 Å². The first kappa shape index (κ1) is 22.4. The minimum Gasteiger partial charge on any atom is -0.446 e. The average molecular weight is 452 g/mol. The fraction of sp³-hybridized carbons (Fsp3) is 0.348. The highest BCUT2D eigenvalue weighted by Crippen LogP contribution is 2.31. The second kappa shape index (κ2) is 8.97. The molecule has 1 aromatic carbocycles. The number of hydrogen-bond donors (Lipinski definition) is 1. The molecule has 4 atom stereocenters. The lowest BCUT2D eigenvalue weighted by Crippen LogP contribution is -2.29. The molecular formula is C23H26FN7O2. The number of imidazole rings is 1. The zero-order valence-corrected chi connectivity index (χ0v) is 18.7. The van der Waals surface area contributed by atoms with E-state index in [1.54, 1.807) is 24.0 Å². The minimum atomic E-state index is -1.57. The van der Waals surface area contributed by atoms with Gasteiger partial charge in [-0.1, -0.05) is 43.0 Å². The van der Waals surface area contributed by atoms with Gasteiger partial charge in [0.2, 0.25) is 11.9 Å². The van der Waals surface area contributed by atoms with Crippen molar-refractivity contribution < 1.29 is 13.9 Å². The molecular weight excluding hydrogens is 425 g/mol. The third kappa shape index (κ3) is 4.55. The van der Waals surface area contributed by atoms with E-state index < -0.39 is 17.8 Å². The van der Waals surface area contributed by atoms with Gasteiger partial charge in [-0.2, -0.15) is 4.98 Å². The van der Waals surface area contributed by atoms with Crippen molar-refractivity contribution in [3.8, 4) is 0 Å². The van der Waals surface area contributed by atoms with E-state index in [2.05, 4.69) is 31.8 Å². The molecule has 0 saturated carbocycles. The van der Waals surface area contributed by atoms with E-state index in [0.29, 0.717) is 5.69 Å². The standard InChI is InChI=1S/C23H26FN7O2/c1-5-23(4,24)16(3)30-11-18(27-14-30)15(2)28-20-25-13-26-21(29-20)31-19(12-33-22(31)32)17-9-7-6-8-10-17/h5-11,13-16,19H,1,12H2,2-4H3,(H,25,26,28,29)/t15-,16-,19+,23?/m0/s1. The van der Waals surface area contributed by atoms with Crippen LogP contribution in [0.4, 0.5) is 21.1 Å². The molecule has 9 nitrogen and oxygen atoms in total. The second-order valence-electron chi connectivity index (χ2n) is 8.13. The molecule has 2 aromatic heterocycles. The molecule has 1 saturated heterocycles. The number of carbonyl (C=O) groups is 1. The van der Waals surface area contributed by atoms with Gasteiger partial charge in [0, 0.05) is 6.20 Å². The third-order valence-electron chi connectivity index (χ3n) is 5.91. The number of nitrogens with zero attached hydrogens (tertiary/aromatic N) is 6. The van der Waals surface area contributed by atoms with Crippen LogP contribution in [0.2, 0.25) is 0 Å². The number of halogens is 1. The molecule has 172 valence electrons. The molecule has 0 spiro atoms. The van der Waals surface area contributed by atoms with Gasteiger partial charge < -0.3 is 14.6 Å². The van der Waals surface area contributed by atoms with Crippen molar-refractivity contribution in [1.82, 2.24) is 24.5 Å². The normalized spacial score (nSPS) is 19.5. The van der Waals surface area contributed by atoms with Crippen molar-refractivity contribution in [2.45, 2.75) is 44.6 Å². The van der Waals surface area contributed by atoms with Gasteiger partial charge in [0.1, 0.15) is 24.6 Å². The van der Waals surface area contributed by atoms with Crippen molar-refractivity contribution in [2.24, 2.45) is 0 Å². The van der Waals surface area contributed by atoms with Crippen molar-refractivity contribution in [1.29, 1.82) is 0 Å². The van der Waals surface area contributed by atoms with Crippen LogP contribution in [0, 0.1) is 0 Å². The maximum absolute atomic E-state index is 14.6. The summed E-state index contributed by atoms with van der Waals surface area (Å²) in [5.74, 6) is 0.470. The number of hydrogen-bond acceptors (Lipinski definition) is 7. The van der Waals surface area contributed by atoms with Gasteiger partial charge in [0.25, 0.3) is 0 Å². The van der Waals surface area contributed by atoms with E-state index in [1.165, 1.54) is 24.2 Å². The summed E-state index contributed by atoms with van der Waals surface area (Å²) >= 11 is 0. The van der Waals surface area contributed by atoms with E-state index >= 15 is 0 Å². The van der Waals surface area contributed by atoms with Gasteiger partial charge in [0.05, 0.1) is 24.1 Å². The summed E-state index contributed by atoms with van der Waals surface area (Å²) in [5.41, 5.74) is 0.0364. The Morgan fingerprint density at radius 1 is 1.27 bits per heavy atom. The molecule has 1 unspecified atom stereocenters. The fourth-order valence-electron chi connectivity index (χ4n) is 3.55. The number of amides is 1. The zero-order chi connectivity index (χ0) is 23.6. The van der Waals surface area contributed by atoms with E-state index in [-0.39, 0.29) is 30.6 Å². The van der Waals surface area contributed by atoms with Crippen LogP contribution in [0.3, 0.4) is 0 Å². The van der Waals surface area contributed by atoms with Gasteiger partial charge in [-0.15, -0.1) is 0 Å². The molecule has 1 N–H and O–H groups in total. The predicted octanol–water partition coefficient (Wildman–Crippen LogP) is 4.41.